The molecule has 1 aliphatic carbocycles. The number of rotatable bonds is 3. The normalized spacial score (nSPS) is 19.9. The first kappa shape index (κ1) is 18.4. The number of nitrogens with one attached hydrogen (secondary N) is 1. The Morgan fingerprint density at radius 1 is 1.32 bits per heavy atom. The van der Waals surface area contributed by atoms with E-state index in [1.165, 1.54) is 0 Å². The Hall–Kier alpha value is -1.63. The topological polar surface area (TPSA) is 85.8 Å². The van der Waals surface area contributed by atoms with Gasteiger partial charge >= 0.3 is 0 Å². The molecule has 1 saturated carbocycles. The number of carbonyl (C=O) groups is 1. The minimum atomic E-state index is -0.0803. The van der Waals surface area contributed by atoms with E-state index in [0.29, 0.717) is 5.69 Å². The molecule has 2 heterocycles. The number of pyridine rings is 1. The highest BCUT2D eigenvalue weighted by atomic mass is 35.5. The summed E-state index contributed by atoms with van der Waals surface area (Å²) in [4.78, 5) is 20.4. The van der Waals surface area contributed by atoms with Crippen LogP contribution in [0.1, 0.15) is 19.3 Å². The lowest BCUT2D eigenvalue weighted by molar-refractivity contribution is -0.120. The van der Waals surface area contributed by atoms with Crippen LogP contribution in [-0.4, -0.2) is 26.5 Å². The first-order valence-electron chi connectivity index (χ1n) is 6.75. The van der Waals surface area contributed by atoms with Crippen LogP contribution in [-0.2, 0) is 4.79 Å². The molecule has 1 amide bonds. The van der Waals surface area contributed by atoms with Crippen LogP contribution in [0, 0.1) is 5.92 Å². The van der Waals surface area contributed by atoms with Gasteiger partial charge in [0, 0.05) is 18.4 Å². The molecule has 0 spiro atoms. The standard InChI is InChI=1S/C14H17N5O.2ClH/c15-12-3-1-2-11(12)14(20)18-10-4-5-13(17-8-10)19-7-6-16-9-19;;/h4-9,11-12H,1-3,15H2,(H,18,20);2*1H. The molecule has 22 heavy (non-hydrogen) atoms. The van der Waals surface area contributed by atoms with Crippen LogP contribution in [0.2, 0.25) is 0 Å². The number of halogens is 2. The first-order chi connectivity index (χ1) is 9.74. The van der Waals surface area contributed by atoms with Crippen molar-refractivity contribution in [1.82, 2.24) is 14.5 Å². The summed E-state index contributed by atoms with van der Waals surface area (Å²) in [5.74, 6) is 0.675. The average molecular weight is 344 g/mol. The molecule has 0 radical (unpaired) electrons. The van der Waals surface area contributed by atoms with Crippen molar-refractivity contribution in [2.75, 3.05) is 5.32 Å². The summed E-state index contributed by atoms with van der Waals surface area (Å²) < 4.78 is 1.80. The van der Waals surface area contributed by atoms with Gasteiger partial charge in [-0.15, -0.1) is 24.8 Å². The molecule has 2 aromatic rings. The second kappa shape index (κ2) is 8.12. The summed E-state index contributed by atoms with van der Waals surface area (Å²) in [5.41, 5.74) is 6.63. The van der Waals surface area contributed by atoms with Crippen molar-refractivity contribution < 1.29 is 4.79 Å². The highest BCUT2D eigenvalue weighted by Gasteiger charge is 2.30. The Labute approximate surface area is 141 Å². The molecular weight excluding hydrogens is 325 g/mol. The van der Waals surface area contributed by atoms with Gasteiger partial charge in [0.1, 0.15) is 12.1 Å². The van der Waals surface area contributed by atoms with Crippen LogP contribution in [0.4, 0.5) is 5.69 Å². The first-order valence-corrected chi connectivity index (χ1v) is 6.75. The fourth-order valence-corrected chi connectivity index (χ4v) is 2.56. The maximum Gasteiger partial charge on any atom is 0.229 e. The maximum atomic E-state index is 12.1. The van der Waals surface area contributed by atoms with Crippen molar-refractivity contribution in [1.29, 1.82) is 0 Å². The van der Waals surface area contributed by atoms with Crippen LogP contribution in [0.5, 0.6) is 0 Å². The molecule has 120 valence electrons. The monoisotopic (exact) mass is 343 g/mol. The Bertz CT molecular complexity index is 588. The smallest absolute Gasteiger partial charge is 0.229 e. The van der Waals surface area contributed by atoms with E-state index in [-0.39, 0.29) is 42.7 Å². The van der Waals surface area contributed by atoms with Crippen molar-refractivity contribution in [3.05, 3.63) is 37.1 Å². The second-order valence-corrected chi connectivity index (χ2v) is 5.07. The van der Waals surface area contributed by atoms with E-state index in [4.69, 9.17) is 5.73 Å². The maximum absolute atomic E-state index is 12.1. The number of nitrogens with two attached hydrogens (primary N) is 1. The molecule has 2 aromatic heterocycles. The largest absolute Gasteiger partial charge is 0.327 e. The summed E-state index contributed by atoms with van der Waals surface area (Å²) in [7, 11) is 0. The lowest BCUT2D eigenvalue weighted by Crippen LogP contribution is -2.34. The lowest BCUT2D eigenvalue weighted by atomic mass is 10.0. The molecule has 0 saturated heterocycles. The zero-order valence-electron chi connectivity index (χ0n) is 11.9. The highest BCUT2D eigenvalue weighted by Crippen LogP contribution is 2.25. The molecule has 0 bridgehead atoms. The minimum absolute atomic E-state index is 0. The molecule has 2 unspecified atom stereocenters. The van der Waals surface area contributed by atoms with Gasteiger partial charge < -0.3 is 11.1 Å². The quantitative estimate of drug-likeness (QED) is 0.894. The molecule has 1 fully saturated rings. The van der Waals surface area contributed by atoms with Crippen LogP contribution in [0.15, 0.2) is 37.1 Å². The van der Waals surface area contributed by atoms with Crippen molar-refractivity contribution in [3.63, 3.8) is 0 Å². The van der Waals surface area contributed by atoms with Crippen molar-refractivity contribution in [2.45, 2.75) is 25.3 Å². The van der Waals surface area contributed by atoms with Gasteiger partial charge in [-0.25, -0.2) is 9.97 Å². The summed E-state index contributed by atoms with van der Waals surface area (Å²) in [5, 5.41) is 2.88. The summed E-state index contributed by atoms with van der Waals surface area (Å²) in [6.07, 6.45) is 9.66. The third-order valence-corrected chi connectivity index (χ3v) is 3.69. The van der Waals surface area contributed by atoms with E-state index in [2.05, 4.69) is 15.3 Å². The van der Waals surface area contributed by atoms with Gasteiger partial charge in [-0.2, -0.15) is 0 Å². The summed E-state index contributed by atoms with van der Waals surface area (Å²) in [6, 6.07) is 3.65. The number of carbonyl (C=O) groups excluding carboxylic acids is 1. The van der Waals surface area contributed by atoms with E-state index in [0.717, 1.165) is 25.1 Å². The van der Waals surface area contributed by atoms with Crippen molar-refractivity contribution in [2.24, 2.45) is 11.7 Å². The van der Waals surface area contributed by atoms with Gasteiger partial charge in [0.15, 0.2) is 0 Å². The van der Waals surface area contributed by atoms with Crippen molar-refractivity contribution >= 4 is 36.4 Å². The zero-order valence-corrected chi connectivity index (χ0v) is 13.5. The SMILES string of the molecule is Cl.Cl.NC1CCCC1C(=O)Nc1ccc(-n2ccnc2)nc1. The second-order valence-electron chi connectivity index (χ2n) is 5.07. The summed E-state index contributed by atoms with van der Waals surface area (Å²) in [6.45, 7) is 0. The molecule has 2 atom stereocenters. The molecular formula is C14H19Cl2N5O. The number of aromatic nitrogens is 3. The van der Waals surface area contributed by atoms with Gasteiger partial charge in [-0.1, -0.05) is 6.42 Å². The van der Waals surface area contributed by atoms with E-state index in [9.17, 15) is 4.79 Å². The highest BCUT2D eigenvalue weighted by molar-refractivity contribution is 5.93. The zero-order chi connectivity index (χ0) is 13.9. The molecule has 0 aliphatic heterocycles. The molecule has 6 nitrogen and oxygen atoms in total. The number of nitrogens with zero attached hydrogens (tertiary/aromatic N) is 3. The number of hydrogen-bond donors (Lipinski definition) is 2. The number of imidazole rings is 1. The third-order valence-electron chi connectivity index (χ3n) is 3.69. The summed E-state index contributed by atoms with van der Waals surface area (Å²) >= 11 is 0. The lowest BCUT2D eigenvalue weighted by Gasteiger charge is -2.15. The Kier molecular flexibility index (Phi) is 6.80. The van der Waals surface area contributed by atoms with Gasteiger partial charge in [0.25, 0.3) is 0 Å². The number of hydrogen-bond acceptors (Lipinski definition) is 4. The Morgan fingerprint density at radius 2 is 2.14 bits per heavy atom. The van der Waals surface area contributed by atoms with Crippen molar-refractivity contribution in [3.8, 4) is 5.82 Å². The molecule has 8 heteroatoms. The molecule has 3 N–H and O–H groups in total. The van der Waals surface area contributed by atoms with Gasteiger partial charge in [-0.05, 0) is 25.0 Å². The van der Waals surface area contributed by atoms with Crippen LogP contribution in [0.25, 0.3) is 5.82 Å². The van der Waals surface area contributed by atoms with Crippen LogP contribution < -0.4 is 11.1 Å². The predicted octanol–water partition coefficient (Wildman–Crippen LogP) is 2.18. The van der Waals surface area contributed by atoms with E-state index >= 15 is 0 Å². The Morgan fingerprint density at radius 3 is 2.68 bits per heavy atom. The van der Waals surface area contributed by atoms with E-state index in [1.54, 1.807) is 23.3 Å². The van der Waals surface area contributed by atoms with Gasteiger partial charge in [0.2, 0.25) is 5.91 Å². The average Bonchev–Trinajstić information content (AvgIpc) is 3.10. The Balaban J connectivity index is 0.00000121. The third kappa shape index (κ3) is 3.97. The minimum Gasteiger partial charge on any atom is -0.327 e. The predicted molar refractivity (Wildman–Crippen MR) is 89.8 cm³/mol. The van der Waals surface area contributed by atoms with E-state index in [1.807, 2.05) is 18.3 Å². The van der Waals surface area contributed by atoms with Crippen LogP contribution in [0.3, 0.4) is 0 Å². The number of amides is 1. The van der Waals surface area contributed by atoms with Gasteiger partial charge in [-0.3, -0.25) is 9.36 Å². The fraction of sp³-hybridized carbons (Fsp3) is 0.357. The number of anilines is 1. The molecule has 3 rings (SSSR count). The van der Waals surface area contributed by atoms with E-state index < -0.39 is 0 Å². The molecule has 0 aromatic carbocycles. The van der Waals surface area contributed by atoms with Crippen LogP contribution >= 0.6 is 24.8 Å². The van der Waals surface area contributed by atoms with Gasteiger partial charge in [0.05, 0.1) is 17.8 Å². The fourth-order valence-electron chi connectivity index (χ4n) is 2.56. The molecule has 1 aliphatic rings.